The molecule has 4 aromatic heterocycles. The smallest absolute Gasteiger partial charge is 0.226 e. The van der Waals surface area contributed by atoms with Gasteiger partial charge in [-0.1, -0.05) is 0 Å². The van der Waals surface area contributed by atoms with Crippen LogP contribution in [0.4, 0.5) is 21.7 Å². The molecule has 3 N–H and O–H groups in total. The molecule has 4 aromatic rings. The number of pyridine rings is 2. The molecule has 0 bridgehead atoms. The van der Waals surface area contributed by atoms with E-state index in [9.17, 15) is 17.6 Å². The van der Waals surface area contributed by atoms with E-state index in [1.165, 1.54) is 24.7 Å². The largest absolute Gasteiger partial charge is 0.366 e. The Morgan fingerprint density at radius 3 is 2.61 bits per heavy atom. The molecule has 5 heterocycles. The van der Waals surface area contributed by atoms with E-state index in [-0.39, 0.29) is 34.5 Å². The van der Waals surface area contributed by atoms with Crippen LogP contribution in [0.3, 0.4) is 0 Å². The number of fused-ring (bicyclic) bond motifs is 1. The van der Waals surface area contributed by atoms with Crippen LogP contribution >= 0.6 is 0 Å². The van der Waals surface area contributed by atoms with Crippen molar-refractivity contribution >= 4 is 44.0 Å². The Morgan fingerprint density at radius 1 is 1.06 bits per heavy atom. The number of hydrogen-bond donors (Lipinski definition) is 3. The van der Waals surface area contributed by atoms with E-state index in [1.54, 1.807) is 6.20 Å². The number of H-pyrrole nitrogens is 1. The molecular weight excluding hydrogens is 485 g/mol. The van der Waals surface area contributed by atoms with Crippen molar-refractivity contribution in [1.29, 1.82) is 0 Å². The van der Waals surface area contributed by atoms with Crippen LogP contribution in [0.1, 0.15) is 46.8 Å². The van der Waals surface area contributed by atoms with Gasteiger partial charge < -0.3 is 15.6 Å². The molecule has 1 saturated heterocycles. The topological polar surface area (TPSA) is 143 Å². The molecule has 0 aromatic carbocycles. The van der Waals surface area contributed by atoms with Crippen LogP contribution in [0.2, 0.25) is 0 Å². The fourth-order valence-corrected chi connectivity index (χ4v) is 6.09. The van der Waals surface area contributed by atoms with Crippen LogP contribution in [0.5, 0.6) is 0 Å². The van der Waals surface area contributed by atoms with Gasteiger partial charge in [0.2, 0.25) is 5.95 Å². The van der Waals surface area contributed by atoms with Gasteiger partial charge in [-0.3, -0.25) is 9.78 Å². The molecule has 1 aliphatic heterocycles. The van der Waals surface area contributed by atoms with E-state index in [0.29, 0.717) is 34.9 Å². The molecule has 0 spiro atoms. The highest BCUT2D eigenvalue weighted by Crippen LogP contribution is 2.39. The van der Waals surface area contributed by atoms with Crippen molar-refractivity contribution in [2.75, 3.05) is 22.1 Å². The normalized spacial score (nSPS) is 18.9. The zero-order valence-corrected chi connectivity index (χ0v) is 19.8. The van der Waals surface area contributed by atoms with Crippen molar-refractivity contribution in [3.63, 3.8) is 0 Å². The number of sulfone groups is 1. The Bertz CT molecular complexity index is 1580. The first-order valence-corrected chi connectivity index (χ1v) is 13.4. The molecule has 1 unspecified atom stereocenters. The lowest BCUT2D eigenvalue weighted by molar-refractivity contribution is 0.103. The number of carbonyl (C=O) groups is 1. The number of hydrogen-bond acceptors (Lipinski definition) is 9. The van der Waals surface area contributed by atoms with Gasteiger partial charge in [0.25, 0.3) is 0 Å². The van der Waals surface area contributed by atoms with Crippen molar-refractivity contribution in [1.82, 2.24) is 24.9 Å². The number of halogens is 1. The fourth-order valence-electron chi connectivity index (χ4n) is 4.42. The van der Waals surface area contributed by atoms with E-state index < -0.39 is 21.6 Å². The van der Waals surface area contributed by atoms with Crippen molar-refractivity contribution in [2.24, 2.45) is 0 Å². The molecule has 0 radical (unpaired) electrons. The molecule has 10 nitrogen and oxygen atoms in total. The second kappa shape index (κ2) is 8.63. The molecular formula is C24H22FN7O3S. The van der Waals surface area contributed by atoms with Crippen LogP contribution in [-0.2, 0) is 9.84 Å². The molecule has 6 rings (SSSR count). The van der Waals surface area contributed by atoms with E-state index >= 15 is 0 Å². The summed E-state index contributed by atoms with van der Waals surface area (Å²) in [4.78, 5) is 32.9. The monoisotopic (exact) mass is 507 g/mol. The predicted octanol–water partition coefficient (Wildman–Crippen LogP) is 3.34. The van der Waals surface area contributed by atoms with Gasteiger partial charge >= 0.3 is 0 Å². The number of aromatic nitrogens is 5. The van der Waals surface area contributed by atoms with Gasteiger partial charge in [0.1, 0.15) is 23.6 Å². The van der Waals surface area contributed by atoms with E-state index in [4.69, 9.17) is 0 Å². The molecule has 1 aliphatic carbocycles. The number of ketones is 1. The number of nitrogens with zero attached hydrogens (tertiary/aromatic N) is 4. The minimum Gasteiger partial charge on any atom is -0.366 e. The van der Waals surface area contributed by atoms with Crippen molar-refractivity contribution in [3.8, 4) is 0 Å². The first-order valence-electron chi connectivity index (χ1n) is 11.6. The molecule has 184 valence electrons. The molecule has 36 heavy (non-hydrogen) atoms. The molecule has 0 amide bonds. The first-order chi connectivity index (χ1) is 17.4. The predicted molar refractivity (Wildman–Crippen MR) is 132 cm³/mol. The number of rotatable bonds is 7. The molecule has 12 heteroatoms. The summed E-state index contributed by atoms with van der Waals surface area (Å²) in [6, 6.07) is 6.38. The van der Waals surface area contributed by atoms with Crippen LogP contribution in [0.25, 0.3) is 11.0 Å². The Balaban J connectivity index is 1.25. The van der Waals surface area contributed by atoms with Gasteiger partial charge in [-0.15, -0.1) is 0 Å². The summed E-state index contributed by atoms with van der Waals surface area (Å²) < 4.78 is 38.7. The Hall–Kier alpha value is -3.93. The Morgan fingerprint density at radius 2 is 1.92 bits per heavy atom. The van der Waals surface area contributed by atoms with Gasteiger partial charge in [0.15, 0.2) is 15.6 Å². The SMILES string of the molecule is O=C(c1ccc(Nc2ccc(C3CC3)nc2)nc1F)c1c[nH]c2ncnc(NC3CCS(=O)(=O)C3)c12. The van der Waals surface area contributed by atoms with E-state index in [1.807, 2.05) is 12.1 Å². The third-order valence-corrected chi connectivity index (χ3v) is 8.20. The Kier molecular flexibility index (Phi) is 5.40. The van der Waals surface area contributed by atoms with Crippen LogP contribution in [-0.4, -0.2) is 56.7 Å². The van der Waals surface area contributed by atoms with Crippen molar-refractivity contribution in [3.05, 3.63) is 65.8 Å². The molecule has 1 atom stereocenters. The maximum Gasteiger partial charge on any atom is 0.226 e. The van der Waals surface area contributed by atoms with Crippen LogP contribution in [0.15, 0.2) is 43.0 Å². The van der Waals surface area contributed by atoms with Crippen molar-refractivity contribution < 1.29 is 17.6 Å². The summed E-state index contributed by atoms with van der Waals surface area (Å²) >= 11 is 0. The highest BCUT2D eigenvalue weighted by molar-refractivity contribution is 7.91. The highest BCUT2D eigenvalue weighted by Gasteiger charge is 2.30. The molecule has 2 aliphatic rings. The van der Waals surface area contributed by atoms with Crippen molar-refractivity contribution in [2.45, 2.75) is 31.2 Å². The molecule has 1 saturated carbocycles. The van der Waals surface area contributed by atoms with Gasteiger partial charge in [-0.2, -0.15) is 4.39 Å². The number of carbonyl (C=O) groups excluding carboxylic acids is 1. The van der Waals surface area contributed by atoms with Gasteiger partial charge in [-0.05, 0) is 43.5 Å². The average Bonchev–Trinajstić information content (AvgIpc) is 3.52. The third kappa shape index (κ3) is 4.39. The summed E-state index contributed by atoms with van der Waals surface area (Å²) in [6.07, 6.45) is 7.19. The first kappa shape index (κ1) is 22.5. The summed E-state index contributed by atoms with van der Waals surface area (Å²) in [6.45, 7) is 0. The summed E-state index contributed by atoms with van der Waals surface area (Å²) in [7, 11) is -3.11. The molecule has 2 fully saturated rings. The third-order valence-electron chi connectivity index (χ3n) is 6.44. The van der Waals surface area contributed by atoms with E-state index in [2.05, 4.69) is 35.6 Å². The quantitative estimate of drug-likeness (QED) is 0.253. The standard InChI is InChI=1S/C24H22FN7O3S/c25-22-16(4-6-19(32-22)30-14-3-5-18(26-9-14)13-1-2-13)21(33)17-10-27-23-20(17)24(29-12-28-23)31-15-7-8-36(34,35)11-15/h3-6,9-10,12-13,15H,1-2,7-8,11H2,(H,30,32)(H2,27,28,29,31). The van der Waals surface area contributed by atoms with E-state index in [0.717, 1.165) is 18.5 Å². The van der Waals surface area contributed by atoms with Gasteiger partial charge in [0.05, 0.1) is 39.9 Å². The van der Waals surface area contributed by atoms with Crippen LogP contribution < -0.4 is 10.6 Å². The summed E-state index contributed by atoms with van der Waals surface area (Å²) in [5.74, 6) is -0.331. The highest BCUT2D eigenvalue weighted by atomic mass is 32.2. The number of anilines is 3. The maximum absolute atomic E-state index is 15.0. The summed E-state index contributed by atoms with van der Waals surface area (Å²) in [5.41, 5.74) is 2.05. The zero-order chi connectivity index (χ0) is 24.9. The average molecular weight is 508 g/mol. The minimum absolute atomic E-state index is 0.0158. The maximum atomic E-state index is 15.0. The number of aromatic amines is 1. The second-order valence-electron chi connectivity index (χ2n) is 9.13. The lowest BCUT2D eigenvalue weighted by atomic mass is 10.0. The Labute approximate surface area is 205 Å². The fraction of sp³-hybridized carbons (Fsp3) is 0.292. The lowest BCUT2D eigenvalue weighted by Gasteiger charge is -2.13. The van der Waals surface area contributed by atoms with Crippen LogP contribution in [0, 0.1) is 5.95 Å². The minimum atomic E-state index is -3.11. The summed E-state index contributed by atoms with van der Waals surface area (Å²) in [5, 5.41) is 6.49. The second-order valence-corrected chi connectivity index (χ2v) is 11.4. The van der Waals surface area contributed by atoms with Gasteiger partial charge in [-0.25, -0.2) is 23.4 Å². The zero-order valence-electron chi connectivity index (χ0n) is 19.0. The lowest BCUT2D eigenvalue weighted by Crippen LogP contribution is -2.21. The van der Waals surface area contributed by atoms with Gasteiger partial charge in [0, 0.05) is 23.9 Å². The number of nitrogens with one attached hydrogen (secondary N) is 3.